The fourth-order valence-electron chi connectivity index (χ4n) is 1.36. The predicted molar refractivity (Wildman–Crippen MR) is 58.5 cm³/mol. The molecule has 2 N–H and O–H groups in total. The molecule has 0 saturated heterocycles. The Hall–Kier alpha value is -1.06. The molecule has 0 aromatic carbocycles. The van der Waals surface area contributed by atoms with E-state index in [-0.39, 0.29) is 17.9 Å². The Balaban J connectivity index is 4.35. The molecule has 15 heavy (non-hydrogen) atoms. The van der Waals surface area contributed by atoms with Crippen LogP contribution in [0.2, 0.25) is 0 Å². The zero-order chi connectivity index (χ0) is 12.1. The van der Waals surface area contributed by atoms with Crippen molar-refractivity contribution in [1.29, 1.82) is 0 Å². The summed E-state index contributed by atoms with van der Waals surface area (Å²) in [5.74, 6) is -1.49. The first-order chi connectivity index (χ1) is 6.76. The summed E-state index contributed by atoms with van der Waals surface area (Å²) in [6.45, 7) is 7.59. The monoisotopic (exact) mass is 215 g/mol. The number of nitrogens with one attached hydrogen (secondary N) is 1. The lowest BCUT2D eigenvalue weighted by atomic mass is 9.97. The van der Waals surface area contributed by atoms with Crippen LogP contribution in [-0.2, 0) is 9.59 Å². The number of hydrogen-bond donors (Lipinski definition) is 2. The minimum atomic E-state index is -0.919. The Morgan fingerprint density at radius 1 is 1.33 bits per heavy atom. The second kappa shape index (κ2) is 5.73. The molecule has 0 heterocycles. The van der Waals surface area contributed by atoms with Gasteiger partial charge >= 0.3 is 5.97 Å². The van der Waals surface area contributed by atoms with Crippen LogP contribution in [0.25, 0.3) is 0 Å². The Morgan fingerprint density at radius 2 is 1.87 bits per heavy atom. The third kappa shape index (κ3) is 6.94. The first-order valence-electron chi connectivity index (χ1n) is 5.30. The van der Waals surface area contributed by atoms with Crippen molar-refractivity contribution in [1.82, 2.24) is 5.32 Å². The molecule has 0 aromatic heterocycles. The van der Waals surface area contributed by atoms with E-state index in [4.69, 9.17) is 5.11 Å². The van der Waals surface area contributed by atoms with Gasteiger partial charge in [-0.05, 0) is 27.2 Å². The maximum Gasteiger partial charge on any atom is 0.304 e. The Morgan fingerprint density at radius 3 is 2.20 bits per heavy atom. The van der Waals surface area contributed by atoms with Gasteiger partial charge in [-0.25, -0.2) is 0 Å². The third-order valence-corrected chi connectivity index (χ3v) is 1.93. The molecule has 0 bridgehead atoms. The average molecular weight is 215 g/mol. The number of aliphatic carboxylic acids is 1. The molecule has 88 valence electrons. The molecule has 0 aliphatic carbocycles. The van der Waals surface area contributed by atoms with Crippen molar-refractivity contribution < 1.29 is 14.7 Å². The zero-order valence-corrected chi connectivity index (χ0v) is 9.96. The van der Waals surface area contributed by atoms with Gasteiger partial charge < -0.3 is 10.4 Å². The lowest BCUT2D eigenvalue weighted by molar-refractivity contribution is -0.141. The van der Waals surface area contributed by atoms with Crippen LogP contribution in [0.15, 0.2) is 0 Å². The summed E-state index contributed by atoms with van der Waals surface area (Å²) in [5.41, 5.74) is -0.304. The van der Waals surface area contributed by atoms with Gasteiger partial charge in [0.15, 0.2) is 0 Å². The van der Waals surface area contributed by atoms with Crippen LogP contribution in [0.3, 0.4) is 0 Å². The molecule has 0 aliphatic heterocycles. The molecule has 4 nitrogen and oxygen atoms in total. The number of carboxylic acid groups (broad SMARTS) is 1. The van der Waals surface area contributed by atoms with Crippen molar-refractivity contribution in [3.8, 4) is 0 Å². The fourth-order valence-corrected chi connectivity index (χ4v) is 1.36. The van der Waals surface area contributed by atoms with Crippen LogP contribution >= 0.6 is 0 Å². The smallest absolute Gasteiger partial charge is 0.304 e. The summed E-state index contributed by atoms with van der Waals surface area (Å²) in [5, 5.41) is 11.5. The second-order valence-electron chi connectivity index (χ2n) is 4.82. The van der Waals surface area contributed by atoms with Crippen LogP contribution in [0.1, 0.15) is 47.0 Å². The molecule has 1 unspecified atom stereocenters. The predicted octanol–water partition coefficient (Wildman–Crippen LogP) is 1.79. The van der Waals surface area contributed by atoms with Gasteiger partial charge in [0.05, 0.1) is 6.42 Å². The van der Waals surface area contributed by atoms with Gasteiger partial charge in [0, 0.05) is 11.5 Å². The van der Waals surface area contributed by atoms with E-state index in [1.165, 1.54) is 0 Å². The molecule has 0 rings (SSSR count). The molecule has 4 heteroatoms. The van der Waals surface area contributed by atoms with Crippen molar-refractivity contribution in [2.75, 3.05) is 0 Å². The quantitative estimate of drug-likeness (QED) is 0.734. The Kier molecular flexibility index (Phi) is 5.33. The molecule has 1 amide bonds. The van der Waals surface area contributed by atoms with Crippen LogP contribution in [0.4, 0.5) is 0 Å². The first kappa shape index (κ1) is 13.9. The van der Waals surface area contributed by atoms with E-state index in [1.54, 1.807) is 0 Å². The van der Waals surface area contributed by atoms with Gasteiger partial charge in [0.25, 0.3) is 0 Å². The van der Waals surface area contributed by atoms with Crippen molar-refractivity contribution in [2.24, 2.45) is 5.92 Å². The molecule has 0 fully saturated rings. The van der Waals surface area contributed by atoms with Crippen LogP contribution < -0.4 is 5.32 Å². The highest BCUT2D eigenvalue weighted by molar-refractivity contribution is 5.83. The molecular formula is C11H21NO3. The zero-order valence-electron chi connectivity index (χ0n) is 9.96. The SMILES string of the molecule is CCCC(CC(=O)O)C(=O)NC(C)(C)C. The van der Waals surface area contributed by atoms with Gasteiger partial charge in [-0.1, -0.05) is 13.3 Å². The van der Waals surface area contributed by atoms with Gasteiger partial charge in [0.2, 0.25) is 5.91 Å². The summed E-state index contributed by atoms with van der Waals surface area (Å²) < 4.78 is 0. The summed E-state index contributed by atoms with van der Waals surface area (Å²) in [4.78, 5) is 22.3. The van der Waals surface area contributed by atoms with Crippen molar-refractivity contribution in [2.45, 2.75) is 52.5 Å². The number of carbonyl (C=O) groups is 2. The van der Waals surface area contributed by atoms with Crippen molar-refractivity contribution in [3.05, 3.63) is 0 Å². The van der Waals surface area contributed by atoms with E-state index in [0.29, 0.717) is 6.42 Å². The van der Waals surface area contributed by atoms with E-state index in [1.807, 2.05) is 27.7 Å². The maximum absolute atomic E-state index is 11.7. The van der Waals surface area contributed by atoms with Crippen LogP contribution in [0.5, 0.6) is 0 Å². The Bertz CT molecular complexity index is 230. The van der Waals surface area contributed by atoms with Crippen molar-refractivity contribution >= 4 is 11.9 Å². The summed E-state index contributed by atoms with van der Waals surface area (Å²) in [6, 6.07) is 0. The summed E-state index contributed by atoms with van der Waals surface area (Å²) in [7, 11) is 0. The number of hydrogen-bond acceptors (Lipinski definition) is 2. The number of carbonyl (C=O) groups excluding carboxylic acids is 1. The highest BCUT2D eigenvalue weighted by Crippen LogP contribution is 2.13. The Labute approximate surface area is 91.1 Å². The standard InChI is InChI=1S/C11H21NO3/c1-5-6-8(7-9(13)14)10(15)12-11(2,3)4/h8H,5-7H2,1-4H3,(H,12,15)(H,13,14). The van der Waals surface area contributed by atoms with Gasteiger partial charge in [-0.3, -0.25) is 9.59 Å². The van der Waals surface area contributed by atoms with Gasteiger partial charge in [-0.2, -0.15) is 0 Å². The second-order valence-corrected chi connectivity index (χ2v) is 4.82. The number of carboxylic acids is 1. The minimum absolute atomic E-state index is 0.0875. The van der Waals surface area contributed by atoms with E-state index >= 15 is 0 Å². The molecule has 0 radical (unpaired) electrons. The van der Waals surface area contributed by atoms with Gasteiger partial charge in [0.1, 0.15) is 0 Å². The normalized spacial score (nSPS) is 13.3. The lowest BCUT2D eigenvalue weighted by Crippen LogP contribution is -2.44. The molecule has 0 spiro atoms. The topological polar surface area (TPSA) is 66.4 Å². The highest BCUT2D eigenvalue weighted by Gasteiger charge is 2.24. The number of rotatable bonds is 5. The fraction of sp³-hybridized carbons (Fsp3) is 0.818. The minimum Gasteiger partial charge on any atom is -0.481 e. The molecule has 1 atom stereocenters. The third-order valence-electron chi connectivity index (χ3n) is 1.93. The number of amides is 1. The molecule has 0 saturated carbocycles. The highest BCUT2D eigenvalue weighted by atomic mass is 16.4. The van der Waals surface area contributed by atoms with E-state index < -0.39 is 11.9 Å². The average Bonchev–Trinajstić information content (AvgIpc) is 1.99. The van der Waals surface area contributed by atoms with Gasteiger partial charge in [-0.15, -0.1) is 0 Å². The molecule has 0 aliphatic rings. The molecular weight excluding hydrogens is 194 g/mol. The summed E-state index contributed by atoms with van der Waals surface area (Å²) >= 11 is 0. The maximum atomic E-state index is 11.7. The van der Waals surface area contributed by atoms with E-state index in [9.17, 15) is 9.59 Å². The largest absolute Gasteiger partial charge is 0.481 e. The lowest BCUT2D eigenvalue weighted by Gasteiger charge is -2.24. The van der Waals surface area contributed by atoms with Crippen molar-refractivity contribution in [3.63, 3.8) is 0 Å². The molecule has 0 aromatic rings. The van der Waals surface area contributed by atoms with E-state index in [2.05, 4.69) is 5.32 Å². The first-order valence-corrected chi connectivity index (χ1v) is 5.30. The summed E-state index contributed by atoms with van der Waals surface area (Å²) in [6.07, 6.45) is 1.35. The van der Waals surface area contributed by atoms with E-state index in [0.717, 1.165) is 6.42 Å². The van der Waals surface area contributed by atoms with Crippen LogP contribution in [-0.4, -0.2) is 22.5 Å². The van der Waals surface area contributed by atoms with Crippen LogP contribution in [0, 0.1) is 5.92 Å².